The van der Waals surface area contributed by atoms with Crippen molar-refractivity contribution in [1.29, 1.82) is 0 Å². The maximum atomic E-state index is 12.6. The Labute approximate surface area is 211 Å². The van der Waals surface area contributed by atoms with Crippen LogP contribution in [0.15, 0.2) is 84.9 Å². The van der Waals surface area contributed by atoms with Crippen LogP contribution >= 0.6 is 0 Å². The highest BCUT2D eigenvalue weighted by Crippen LogP contribution is 2.29. The van der Waals surface area contributed by atoms with Crippen LogP contribution in [-0.4, -0.2) is 25.0 Å². The molecule has 0 atom stereocenters. The minimum atomic E-state index is -0.262. The Balaban J connectivity index is 1.40. The summed E-state index contributed by atoms with van der Waals surface area (Å²) >= 11 is 0. The summed E-state index contributed by atoms with van der Waals surface area (Å²) in [6, 6.07) is 26.6. The monoisotopic (exact) mass is 482 g/mol. The van der Waals surface area contributed by atoms with Gasteiger partial charge in [-0.2, -0.15) is 0 Å². The number of carbonyl (C=O) groups excluding carboxylic acids is 2. The number of ether oxygens (including phenoxy) is 2. The van der Waals surface area contributed by atoms with Crippen molar-refractivity contribution in [3.05, 3.63) is 96.1 Å². The summed E-state index contributed by atoms with van der Waals surface area (Å²) in [6.45, 7) is 3.94. The van der Waals surface area contributed by atoms with Crippen molar-refractivity contribution < 1.29 is 19.1 Å². The molecular formula is C30H30N2O4. The van der Waals surface area contributed by atoms with Gasteiger partial charge in [-0.15, -0.1) is 0 Å². The quantitative estimate of drug-likeness (QED) is 0.291. The molecule has 0 aliphatic rings. The Morgan fingerprint density at radius 2 is 1.03 bits per heavy atom. The van der Waals surface area contributed by atoms with Gasteiger partial charge in [0.15, 0.2) is 13.2 Å². The number of hydrogen-bond acceptors (Lipinski definition) is 4. The zero-order valence-electron chi connectivity index (χ0n) is 20.5. The molecule has 0 saturated carbocycles. The number of hydrogen-bond donors (Lipinski definition) is 2. The predicted molar refractivity (Wildman–Crippen MR) is 144 cm³/mol. The molecule has 0 radical (unpaired) electrons. The van der Waals surface area contributed by atoms with Gasteiger partial charge in [-0.3, -0.25) is 9.59 Å². The molecule has 0 heterocycles. The Morgan fingerprint density at radius 1 is 0.611 bits per heavy atom. The highest BCUT2D eigenvalue weighted by Gasteiger charge is 2.11. The molecule has 0 unspecified atom stereocenters. The lowest BCUT2D eigenvalue weighted by molar-refractivity contribution is -0.118. The first kappa shape index (κ1) is 24.8. The molecule has 6 nitrogen and oxygen atoms in total. The fourth-order valence-electron chi connectivity index (χ4n) is 3.91. The number of benzene rings is 4. The first-order valence-electron chi connectivity index (χ1n) is 12.1. The maximum absolute atomic E-state index is 12.6. The molecule has 184 valence electrons. The van der Waals surface area contributed by atoms with Gasteiger partial charge < -0.3 is 20.1 Å². The minimum Gasteiger partial charge on any atom is -0.484 e. The smallest absolute Gasteiger partial charge is 0.262 e. The molecule has 0 fully saturated rings. The molecule has 6 heteroatoms. The first-order valence-corrected chi connectivity index (χ1v) is 12.1. The Kier molecular flexibility index (Phi) is 8.19. The van der Waals surface area contributed by atoms with Crippen LogP contribution in [0, 0.1) is 0 Å². The summed E-state index contributed by atoms with van der Waals surface area (Å²) in [7, 11) is 0. The van der Waals surface area contributed by atoms with E-state index in [-0.39, 0.29) is 25.0 Å². The molecule has 36 heavy (non-hydrogen) atoms. The lowest BCUT2D eigenvalue weighted by atomic mass is 10.1. The fraction of sp³-hybridized carbons (Fsp3) is 0.200. The third-order valence-corrected chi connectivity index (χ3v) is 5.82. The second-order valence-electron chi connectivity index (χ2n) is 8.38. The molecular weight excluding hydrogens is 452 g/mol. The molecule has 0 aromatic heterocycles. The van der Waals surface area contributed by atoms with Crippen LogP contribution in [0.25, 0.3) is 10.8 Å². The molecule has 0 aliphatic heterocycles. The molecule has 0 bridgehead atoms. The highest BCUT2D eigenvalue weighted by atomic mass is 16.5. The molecule has 0 saturated heterocycles. The summed E-state index contributed by atoms with van der Waals surface area (Å²) in [6.07, 6.45) is 1.80. The van der Waals surface area contributed by atoms with Crippen molar-refractivity contribution in [2.45, 2.75) is 26.7 Å². The van der Waals surface area contributed by atoms with Gasteiger partial charge >= 0.3 is 0 Å². The van der Waals surface area contributed by atoms with Gasteiger partial charge in [-0.1, -0.05) is 62.4 Å². The van der Waals surface area contributed by atoms with Gasteiger partial charge in [0.2, 0.25) is 0 Å². The number of fused-ring (bicyclic) bond motifs is 1. The molecule has 4 rings (SSSR count). The van der Waals surface area contributed by atoms with Crippen LogP contribution in [-0.2, 0) is 22.4 Å². The average Bonchev–Trinajstić information content (AvgIpc) is 2.91. The van der Waals surface area contributed by atoms with E-state index in [0.29, 0.717) is 22.9 Å². The van der Waals surface area contributed by atoms with Crippen LogP contribution in [0.1, 0.15) is 25.0 Å². The van der Waals surface area contributed by atoms with Gasteiger partial charge in [-0.05, 0) is 60.4 Å². The van der Waals surface area contributed by atoms with Gasteiger partial charge in [-0.25, -0.2) is 0 Å². The van der Waals surface area contributed by atoms with Crippen LogP contribution < -0.4 is 20.1 Å². The third-order valence-electron chi connectivity index (χ3n) is 5.82. The van der Waals surface area contributed by atoms with E-state index < -0.39 is 0 Å². The van der Waals surface area contributed by atoms with Crippen LogP contribution in [0.3, 0.4) is 0 Å². The molecule has 4 aromatic carbocycles. The van der Waals surface area contributed by atoms with Crippen molar-refractivity contribution in [3.8, 4) is 11.5 Å². The average molecular weight is 483 g/mol. The standard InChI is InChI=1S/C30H30N2O4/c1-3-21-9-5-11-23(17-21)35-19-29(33)31-27-15-7-14-26-25(27)13-8-16-28(26)32-30(34)20-36-24-12-6-10-22(4-2)18-24/h5-18H,3-4,19-20H2,1-2H3,(H,31,33)(H,32,34). The number of carbonyl (C=O) groups is 2. The van der Waals surface area contributed by atoms with E-state index >= 15 is 0 Å². The van der Waals surface area contributed by atoms with E-state index in [9.17, 15) is 9.59 Å². The van der Waals surface area contributed by atoms with E-state index in [2.05, 4.69) is 24.5 Å². The number of aryl methyl sites for hydroxylation is 2. The molecule has 4 aromatic rings. The third kappa shape index (κ3) is 6.42. The predicted octanol–water partition coefficient (Wildman–Crippen LogP) is 6.00. The largest absolute Gasteiger partial charge is 0.484 e. The highest BCUT2D eigenvalue weighted by molar-refractivity contribution is 6.09. The summed E-state index contributed by atoms with van der Waals surface area (Å²) in [5, 5.41) is 7.47. The van der Waals surface area contributed by atoms with Crippen LogP contribution in [0.4, 0.5) is 11.4 Å². The van der Waals surface area contributed by atoms with Crippen molar-refractivity contribution in [2.75, 3.05) is 23.8 Å². The van der Waals surface area contributed by atoms with E-state index in [1.807, 2.05) is 84.9 Å². The van der Waals surface area contributed by atoms with Crippen LogP contribution in [0.2, 0.25) is 0 Å². The van der Waals surface area contributed by atoms with Crippen molar-refractivity contribution in [2.24, 2.45) is 0 Å². The Bertz CT molecular complexity index is 1260. The Hall–Kier alpha value is -4.32. The van der Waals surface area contributed by atoms with E-state index in [1.165, 1.54) is 0 Å². The van der Waals surface area contributed by atoms with Crippen molar-refractivity contribution in [1.82, 2.24) is 0 Å². The van der Waals surface area contributed by atoms with Gasteiger partial charge in [0.1, 0.15) is 11.5 Å². The maximum Gasteiger partial charge on any atom is 0.262 e. The van der Waals surface area contributed by atoms with Crippen LogP contribution in [0.5, 0.6) is 11.5 Å². The number of nitrogens with one attached hydrogen (secondary N) is 2. The van der Waals surface area contributed by atoms with Crippen molar-refractivity contribution >= 4 is 34.0 Å². The molecule has 2 N–H and O–H groups in total. The van der Waals surface area contributed by atoms with Gasteiger partial charge in [0.25, 0.3) is 11.8 Å². The molecule has 0 aliphatic carbocycles. The zero-order valence-corrected chi connectivity index (χ0v) is 20.5. The van der Waals surface area contributed by atoms with Gasteiger partial charge in [0, 0.05) is 22.1 Å². The fourth-order valence-corrected chi connectivity index (χ4v) is 3.91. The summed E-state index contributed by atoms with van der Waals surface area (Å²) in [5.74, 6) is 0.801. The van der Waals surface area contributed by atoms with Crippen molar-refractivity contribution in [3.63, 3.8) is 0 Å². The first-order chi connectivity index (χ1) is 17.6. The summed E-state index contributed by atoms with van der Waals surface area (Å²) in [5.41, 5.74) is 3.59. The molecule has 0 spiro atoms. The second kappa shape index (κ2) is 11.9. The normalized spacial score (nSPS) is 10.6. The number of amides is 2. The van der Waals surface area contributed by atoms with E-state index in [0.717, 1.165) is 34.7 Å². The number of anilines is 2. The summed E-state index contributed by atoms with van der Waals surface area (Å²) < 4.78 is 11.3. The Morgan fingerprint density at radius 3 is 1.44 bits per heavy atom. The topological polar surface area (TPSA) is 76.7 Å². The SMILES string of the molecule is CCc1cccc(OCC(=O)Nc2cccc3c(NC(=O)COc4cccc(CC)c4)cccc23)c1. The molecule has 2 amide bonds. The zero-order chi connectivity index (χ0) is 25.3. The lowest BCUT2D eigenvalue weighted by Gasteiger charge is -2.13. The summed E-state index contributed by atoms with van der Waals surface area (Å²) in [4.78, 5) is 25.2. The second-order valence-corrected chi connectivity index (χ2v) is 8.38. The van der Waals surface area contributed by atoms with E-state index in [1.54, 1.807) is 0 Å². The van der Waals surface area contributed by atoms with Gasteiger partial charge in [0.05, 0.1) is 0 Å². The number of rotatable bonds is 10. The lowest BCUT2D eigenvalue weighted by Crippen LogP contribution is -2.21. The van der Waals surface area contributed by atoms with E-state index in [4.69, 9.17) is 9.47 Å². The minimum absolute atomic E-state index is 0.101.